The average molecular weight is 168 g/mol. The van der Waals surface area contributed by atoms with Gasteiger partial charge in [0.1, 0.15) is 0 Å². The maximum absolute atomic E-state index is 8.21. The molecule has 0 aliphatic carbocycles. The molecular formula is C2H6AgNO. The summed E-state index contributed by atoms with van der Waals surface area (Å²) < 4.78 is -1.19. The third kappa shape index (κ3) is 75.7. The van der Waals surface area contributed by atoms with Gasteiger partial charge in [0.15, 0.2) is 0 Å². The summed E-state index contributed by atoms with van der Waals surface area (Å²) in [5, 5.41) is 8.21. The van der Waals surface area contributed by atoms with Crippen molar-refractivity contribution in [1.82, 2.24) is 0 Å². The van der Waals surface area contributed by atoms with E-state index in [0.717, 1.165) is 0 Å². The Kier molecular flexibility index (Phi) is 1.59. The minimum atomic E-state index is -1.19. The normalized spacial score (nSPS) is 21.8. The first-order chi connectivity index (χ1) is 2.00. The van der Waals surface area contributed by atoms with Crippen molar-refractivity contribution in [3.63, 3.8) is 0 Å². The summed E-state index contributed by atoms with van der Waals surface area (Å²) in [5.41, 5.74) is 4.83. The molecule has 0 radical (unpaired) electrons. The van der Waals surface area contributed by atoms with Gasteiger partial charge in [0.2, 0.25) is 0 Å². The van der Waals surface area contributed by atoms with Gasteiger partial charge in [-0.2, -0.15) is 0 Å². The van der Waals surface area contributed by atoms with Gasteiger partial charge in [-0.05, 0) is 0 Å². The van der Waals surface area contributed by atoms with Crippen LogP contribution < -0.4 is 5.73 Å². The van der Waals surface area contributed by atoms with Crippen molar-refractivity contribution in [1.29, 1.82) is 0 Å². The van der Waals surface area contributed by atoms with Gasteiger partial charge in [-0.1, -0.05) is 0 Å². The first kappa shape index (κ1) is 5.66. The fourth-order valence-electron chi connectivity index (χ4n) is 0. The van der Waals surface area contributed by atoms with Gasteiger partial charge in [-0.15, -0.1) is 0 Å². The molecule has 0 heterocycles. The molecule has 0 bridgehead atoms. The van der Waals surface area contributed by atoms with Crippen LogP contribution in [0.4, 0.5) is 0 Å². The van der Waals surface area contributed by atoms with E-state index in [1.807, 2.05) is 0 Å². The SMILES string of the molecule is C[C](N)(O)[Ag]. The third-order valence-corrected chi connectivity index (χ3v) is 0. The summed E-state index contributed by atoms with van der Waals surface area (Å²) in [6.45, 7) is 1.44. The second-order valence-electron chi connectivity index (χ2n) is 0.947. The molecule has 1 atom stereocenters. The Hall–Kier alpha value is 0.660. The minimum absolute atomic E-state index is 1.19. The average Bonchev–Trinajstić information content (AvgIpc) is 0.722. The molecule has 36 valence electrons. The summed E-state index contributed by atoms with van der Waals surface area (Å²) in [6.07, 6.45) is 0. The van der Waals surface area contributed by atoms with Gasteiger partial charge in [-0.3, -0.25) is 0 Å². The van der Waals surface area contributed by atoms with E-state index in [1.54, 1.807) is 0 Å². The summed E-state index contributed by atoms with van der Waals surface area (Å²) >= 11 is 2.72. The third-order valence-electron chi connectivity index (χ3n) is 0. The monoisotopic (exact) mass is 167 g/mol. The molecule has 0 rings (SSSR count). The van der Waals surface area contributed by atoms with Crippen molar-refractivity contribution in [2.24, 2.45) is 5.73 Å². The first-order valence-electron chi connectivity index (χ1n) is 1.16. The van der Waals surface area contributed by atoms with Crippen molar-refractivity contribution in [3.05, 3.63) is 0 Å². The van der Waals surface area contributed by atoms with E-state index >= 15 is 0 Å². The van der Waals surface area contributed by atoms with Crippen molar-refractivity contribution >= 4 is 0 Å². The van der Waals surface area contributed by atoms with E-state index < -0.39 is 3.94 Å². The van der Waals surface area contributed by atoms with Crippen LogP contribution in [0.25, 0.3) is 0 Å². The van der Waals surface area contributed by atoms with E-state index in [0.29, 0.717) is 0 Å². The van der Waals surface area contributed by atoms with E-state index in [9.17, 15) is 0 Å². The van der Waals surface area contributed by atoms with Crippen molar-refractivity contribution in [2.75, 3.05) is 0 Å². The summed E-state index contributed by atoms with van der Waals surface area (Å²) in [7, 11) is 0. The molecule has 0 aliphatic heterocycles. The zero-order chi connectivity index (χ0) is 4.50. The topological polar surface area (TPSA) is 46.2 Å². The molecular weight excluding hydrogens is 162 g/mol. The Morgan fingerprint density at radius 1 is 2.00 bits per heavy atom. The fourth-order valence-corrected chi connectivity index (χ4v) is 0. The standard InChI is InChI=1S/C2H6NO.Ag/c1-2(3)4;/h4H,3H2,1H3;. The molecule has 3 heteroatoms. The van der Waals surface area contributed by atoms with Gasteiger partial charge < -0.3 is 0 Å². The Morgan fingerprint density at radius 2 is 2.00 bits per heavy atom. The van der Waals surface area contributed by atoms with Crippen LogP contribution in [0.2, 0.25) is 0 Å². The first-order valence-corrected chi connectivity index (χ1v) is 1.90. The molecule has 5 heavy (non-hydrogen) atoms. The number of rotatable bonds is 0. The van der Waals surface area contributed by atoms with Gasteiger partial charge in [0.25, 0.3) is 0 Å². The summed E-state index contributed by atoms with van der Waals surface area (Å²) in [4.78, 5) is 0. The molecule has 1 unspecified atom stereocenters. The molecule has 0 fully saturated rings. The summed E-state index contributed by atoms with van der Waals surface area (Å²) in [6, 6.07) is 0. The van der Waals surface area contributed by atoms with Crippen LogP contribution in [0.1, 0.15) is 6.92 Å². The van der Waals surface area contributed by atoms with E-state index in [-0.39, 0.29) is 0 Å². The molecule has 0 aromatic heterocycles. The van der Waals surface area contributed by atoms with E-state index in [1.165, 1.54) is 6.92 Å². The van der Waals surface area contributed by atoms with Crippen LogP contribution in [0.3, 0.4) is 0 Å². The Morgan fingerprint density at radius 3 is 2.00 bits per heavy atom. The van der Waals surface area contributed by atoms with Gasteiger partial charge in [0.05, 0.1) is 0 Å². The van der Waals surface area contributed by atoms with Crippen LogP contribution in [0.5, 0.6) is 0 Å². The molecule has 3 N–H and O–H groups in total. The van der Waals surface area contributed by atoms with Crippen molar-refractivity contribution < 1.29 is 26.2 Å². The van der Waals surface area contributed by atoms with Gasteiger partial charge in [0, 0.05) is 0 Å². The fraction of sp³-hybridized carbons (Fsp3) is 1.00. The van der Waals surface area contributed by atoms with Crippen LogP contribution >= 0.6 is 0 Å². The molecule has 2 nitrogen and oxygen atoms in total. The molecule has 0 aliphatic rings. The van der Waals surface area contributed by atoms with Crippen LogP contribution in [-0.4, -0.2) is 9.05 Å². The van der Waals surface area contributed by atoms with Crippen molar-refractivity contribution in [2.45, 2.75) is 10.9 Å². The Bertz CT molecular complexity index is 25.1. The Balaban J connectivity index is 3.02. The molecule has 0 amide bonds. The molecule has 0 aromatic carbocycles. The number of nitrogens with two attached hydrogens (primary N) is 1. The molecule has 0 aromatic rings. The zero-order valence-corrected chi connectivity index (χ0v) is 4.31. The van der Waals surface area contributed by atoms with Gasteiger partial charge >= 0.3 is 42.8 Å². The van der Waals surface area contributed by atoms with E-state index in [4.69, 9.17) is 10.8 Å². The number of aliphatic hydroxyl groups is 1. The predicted molar refractivity (Wildman–Crippen MR) is 14.8 cm³/mol. The van der Waals surface area contributed by atoms with Crippen LogP contribution in [0, 0.1) is 0 Å². The molecule has 0 spiro atoms. The predicted octanol–water partition coefficient (Wildman–Crippen LogP) is -0.842. The van der Waals surface area contributed by atoms with Gasteiger partial charge in [-0.25, -0.2) is 0 Å². The Labute approximate surface area is 43.3 Å². The van der Waals surface area contributed by atoms with Crippen LogP contribution in [-0.2, 0) is 21.1 Å². The quantitative estimate of drug-likeness (QED) is 0.365. The molecule has 0 saturated heterocycles. The molecule has 0 saturated carbocycles. The maximum atomic E-state index is 8.21. The van der Waals surface area contributed by atoms with Crippen molar-refractivity contribution in [3.8, 4) is 0 Å². The second-order valence-corrected chi connectivity index (χ2v) is 2.45. The zero-order valence-electron chi connectivity index (χ0n) is 2.83. The number of hydrogen-bond acceptors (Lipinski definition) is 2. The second kappa shape index (κ2) is 1.41. The number of hydrogen-bond donors (Lipinski definition) is 2. The van der Waals surface area contributed by atoms with Crippen LogP contribution in [0.15, 0.2) is 0 Å². The summed E-state index contributed by atoms with van der Waals surface area (Å²) in [5.74, 6) is 0. The van der Waals surface area contributed by atoms with E-state index in [2.05, 4.69) is 21.1 Å².